The quantitative estimate of drug-likeness (QED) is 0.238. The van der Waals surface area contributed by atoms with Crippen LogP contribution in [0.5, 0.6) is 17.2 Å². The van der Waals surface area contributed by atoms with Gasteiger partial charge >= 0.3 is 0 Å². The van der Waals surface area contributed by atoms with E-state index in [9.17, 15) is 14.7 Å². The molecule has 7 heteroatoms. The van der Waals surface area contributed by atoms with Crippen LogP contribution in [0.4, 0.5) is 5.69 Å². The maximum atomic E-state index is 13.5. The fraction of sp³-hybridized carbons (Fsp3) is 0.267. The first-order valence-corrected chi connectivity index (χ1v) is 12.2. The summed E-state index contributed by atoms with van der Waals surface area (Å²) < 4.78 is 17.0. The number of hydrogen-bond donors (Lipinski definition) is 1. The zero-order valence-corrected chi connectivity index (χ0v) is 21.6. The Labute approximate surface area is 216 Å². The van der Waals surface area contributed by atoms with E-state index < -0.39 is 17.7 Å². The molecule has 4 rings (SSSR count). The summed E-state index contributed by atoms with van der Waals surface area (Å²) in [6.07, 6.45) is -0.0685. The van der Waals surface area contributed by atoms with E-state index in [2.05, 4.69) is 0 Å². The number of aliphatic hydroxyl groups is 1. The smallest absolute Gasteiger partial charge is 0.300 e. The van der Waals surface area contributed by atoms with Crippen LogP contribution < -0.4 is 19.1 Å². The molecule has 1 atom stereocenters. The van der Waals surface area contributed by atoms with Gasteiger partial charge in [0.15, 0.2) is 0 Å². The summed E-state index contributed by atoms with van der Waals surface area (Å²) in [7, 11) is 1.49. The van der Waals surface area contributed by atoms with Crippen molar-refractivity contribution >= 4 is 23.1 Å². The summed E-state index contributed by atoms with van der Waals surface area (Å²) in [5.41, 5.74) is 2.27. The number of carbonyl (C=O) groups is 2. The van der Waals surface area contributed by atoms with Gasteiger partial charge in [0.25, 0.3) is 11.7 Å². The third-order valence-electron chi connectivity index (χ3n) is 6.01. The minimum Gasteiger partial charge on any atom is -0.507 e. The molecule has 0 bridgehead atoms. The Morgan fingerprint density at radius 3 is 2.43 bits per heavy atom. The van der Waals surface area contributed by atoms with Crippen molar-refractivity contribution in [2.45, 2.75) is 39.8 Å². The number of rotatable bonds is 8. The van der Waals surface area contributed by atoms with Crippen molar-refractivity contribution < 1.29 is 28.9 Å². The fourth-order valence-electron chi connectivity index (χ4n) is 4.49. The second-order valence-corrected chi connectivity index (χ2v) is 9.04. The van der Waals surface area contributed by atoms with Gasteiger partial charge in [-0.15, -0.1) is 0 Å². The number of methoxy groups -OCH3 is 1. The summed E-state index contributed by atoms with van der Waals surface area (Å²) in [6, 6.07) is 18.6. The molecular weight excluding hydrogens is 470 g/mol. The van der Waals surface area contributed by atoms with E-state index in [0.29, 0.717) is 40.7 Å². The van der Waals surface area contributed by atoms with E-state index in [1.807, 2.05) is 45.9 Å². The lowest BCUT2D eigenvalue weighted by atomic mass is 9.94. The predicted molar refractivity (Wildman–Crippen MR) is 142 cm³/mol. The molecule has 1 N–H and O–H groups in total. The molecule has 0 radical (unpaired) electrons. The number of benzene rings is 3. The first-order valence-electron chi connectivity index (χ1n) is 12.2. The lowest BCUT2D eigenvalue weighted by Gasteiger charge is -2.26. The Kier molecular flexibility index (Phi) is 7.53. The molecule has 7 nitrogen and oxygen atoms in total. The molecule has 192 valence electrons. The van der Waals surface area contributed by atoms with Gasteiger partial charge in [0.05, 0.1) is 37.0 Å². The van der Waals surface area contributed by atoms with Gasteiger partial charge in [-0.2, -0.15) is 0 Å². The van der Waals surface area contributed by atoms with E-state index >= 15 is 0 Å². The molecule has 1 saturated heterocycles. The molecule has 1 heterocycles. The van der Waals surface area contributed by atoms with Gasteiger partial charge in [0.2, 0.25) is 0 Å². The first kappa shape index (κ1) is 25.8. The molecule has 1 aliphatic heterocycles. The van der Waals surface area contributed by atoms with Crippen LogP contribution in [0.1, 0.15) is 43.5 Å². The van der Waals surface area contributed by atoms with Crippen molar-refractivity contribution in [3.8, 4) is 17.2 Å². The number of aryl methyl sites for hydroxylation is 1. The second-order valence-electron chi connectivity index (χ2n) is 9.04. The summed E-state index contributed by atoms with van der Waals surface area (Å²) in [4.78, 5) is 28.4. The molecule has 0 spiro atoms. The van der Waals surface area contributed by atoms with Crippen molar-refractivity contribution in [3.05, 3.63) is 89.0 Å². The molecule has 3 aromatic rings. The van der Waals surface area contributed by atoms with Gasteiger partial charge in [0.1, 0.15) is 23.0 Å². The van der Waals surface area contributed by atoms with Crippen LogP contribution >= 0.6 is 0 Å². The number of carbonyl (C=O) groups excluding carboxylic acids is 2. The zero-order valence-electron chi connectivity index (χ0n) is 21.6. The second kappa shape index (κ2) is 10.8. The van der Waals surface area contributed by atoms with E-state index in [1.54, 1.807) is 48.5 Å². The fourth-order valence-corrected chi connectivity index (χ4v) is 4.49. The van der Waals surface area contributed by atoms with Gasteiger partial charge in [-0.25, -0.2) is 0 Å². The molecule has 0 aliphatic carbocycles. The Morgan fingerprint density at radius 2 is 1.73 bits per heavy atom. The van der Waals surface area contributed by atoms with E-state index in [1.165, 1.54) is 12.0 Å². The average Bonchev–Trinajstić information content (AvgIpc) is 3.14. The Hall–Kier alpha value is -4.26. The normalized spacial score (nSPS) is 16.8. The highest BCUT2D eigenvalue weighted by Crippen LogP contribution is 2.44. The van der Waals surface area contributed by atoms with Crippen LogP contribution in [-0.2, 0) is 9.59 Å². The van der Waals surface area contributed by atoms with Crippen LogP contribution in [-0.4, -0.2) is 36.6 Å². The SMILES string of the molecule is CCOc1cccc(N2C(=O)C(=O)/C(=C(/O)c3cc(C)ccc3OC)C2c2cccc(OC(C)C)c2)c1. The largest absolute Gasteiger partial charge is 0.507 e. The molecule has 0 aromatic heterocycles. The summed E-state index contributed by atoms with van der Waals surface area (Å²) >= 11 is 0. The Bertz CT molecular complexity index is 1360. The maximum Gasteiger partial charge on any atom is 0.300 e. The number of aliphatic hydroxyl groups excluding tert-OH is 1. The number of amides is 1. The molecule has 37 heavy (non-hydrogen) atoms. The maximum absolute atomic E-state index is 13.5. The number of ether oxygens (including phenoxy) is 3. The van der Waals surface area contributed by atoms with Crippen molar-refractivity contribution in [2.75, 3.05) is 18.6 Å². The topological polar surface area (TPSA) is 85.3 Å². The van der Waals surface area contributed by atoms with Crippen LogP contribution in [0.2, 0.25) is 0 Å². The van der Waals surface area contributed by atoms with Crippen LogP contribution in [0.25, 0.3) is 5.76 Å². The van der Waals surface area contributed by atoms with E-state index in [4.69, 9.17) is 14.2 Å². The Morgan fingerprint density at radius 1 is 1.00 bits per heavy atom. The van der Waals surface area contributed by atoms with Crippen molar-refractivity contribution in [3.63, 3.8) is 0 Å². The molecule has 1 amide bonds. The number of nitrogens with zero attached hydrogens (tertiary/aromatic N) is 1. The summed E-state index contributed by atoms with van der Waals surface area (Å²) in [6.45, 7) is 8.03. The summed E-state index contributed by atoms with van der Waals surface area (Å²) in [5.74, 6) is -0.289. The number of Topliss-reactive ketones (excluding diaryl/α,β-unsaturated/α-hetero) is 1. The van der Waals surface area contributed by atoms with Gasteiger partial charge < -0.3 is 19.3 Å². The highest BCUT2D eigenvalue weighted by Gasteiger charge is 2.47. The van der Waals surface area contributed by atoms with Crippen LogP contribution in [0.15, 0.2) is 72.3 Å². The van der Waals surface area contributed by atoms with Gasteiger partial charge in [-0.3, -0.25) is 14.5 Å². The van der Waals surface area contributed by atoms with E-state index in [0.717, 1.165) is 5.56 Å². The highest BCUT2D eigenvalue weighted by atomic mass is 16.5. The monoisotopic (exact) mass is 501 g/mol. The Balaban J connectivity index is 1.97. The molecule has 0 saturated carbocycles. The van der Waals surface area contributed by atoms with Crippen molar-refractivity contribution in [1.82, 2.24) is 0 Å². The minimum atomic E-state index is -0.905. The molecule has 1 unspecified atom stereocenters. The molecule has 1 aliphatic rings. The van der Waals surface area contributed by atoms with Crippen molar-refractivity contribution in [1.29, 1.82) is 0 Å². The average molecular weight is 502 g/mol. The van der Waals surface area contributed by atoms with Gasteiger partial charge in [-0.05, 0) is 69.7 Å². The van der Waals surface area contributed by atoms with E-state index in [-0.39, 0.29) is 17.4 Å². The van der Waals surface area contributed by atoms with Gasteiger partial charge in [0, 0.05) is 11.8 Å². The third-order valence-corrected chi connectivity index (χ3v) is 6.01. The van der Waals surface area contributed by atoms with Crippen LogP contribution in [0, 0.1) is 6.92 Å². The van der Waals surface area contributed by atoms with Gasteiger partial charge in [-0.1, -0.05) is 29.8 Å². The first-order chi connectivity index (χ1) is 17.7. The molecular formula is C30H31NO6. The lowest BCUT2D eigenvalue weighted by Crippen LogP contribution is -2.29. The number of hydrogen-bond acceptors (Lipinski definition) is 6. The minimum absolute atomic E-state index is 0.0302. The lowest BCUT2D eigenvalue weighted by molar-refractivity contribution is -0.132. The molecule has 3 aromatic carbocycles. The highest BCUT2D eigenvalue weighted by molar-refractivity contribution is 6.51. The number of ketones is 1. The van der Waals surface area contributed by atoms with Crippen molar-refractivity contribution in [2.24, 2.45) is 0 Å². The zero-order chi connectivity index (χ0) is 26.7. The van der Waals surface area contributed by atoms with Crippen LogP contribution in [0.3, 0.4) is 0 Å². The predicted octanol–water partition coefficient (Wildman–Crippen LogP) is 5.82. The standard InChI is InChI=1S/C30H31NO6/c1-6-36-22-11-8-10-21(17-22)31-27(20-9-7-12-23(16-20)37-18(2)3)26(29(33)30(31)34)28(32)24-15-19(4)13-14-25(24)35-5/h7-18,27,32H,6H2,1-5H3/b28-26+. The molecule has 1 fully saturated rings. The number of anilines is 1. The third kappa shape index (κ3) is 5.16. The summed E-state index contributed by atoms with van der Waals surface area (Å²) in [5, 5.41) is 11.5.